The van der Waals surface area contributed by atoms with E-state index in [2.05, 4.69) is 59.0 Å². The van der Waals surface area contributed by atoms with E-state index in [1.165, 1.54) is 5.56 Å². The fourth-order valence-electron chi connectivity index (χ4n) is 1.66. The number of benzene rings is 1. The molecule has 3 nitrogen and oxygen atoms in total. The lowest BCUT2D eigenvalue weighted by Gasteiger charge is -2.20. The SMILES string of the molecule is CC(C)C(C)OCCOc1ccc(CNC(C)(C)C)cc1. The van der Waals surface area contributed by atoms with Gasteiger partial charge in [0.15, 0.2) is 0 Å². The minimum atomic E-state index is 0.139. The van der Waals surface area contributed by atoms with Crippen molar-refractivity contribution in [3.05, 3.63) is 29.8 Å². The van der Waals surface area contributed by atoms with E-state index < -0.39 is 0 Å². The van der Waals surface area contributed by atoms with Crippen LogP contribution >= 0.6 is 0 Å². The van der Waals surface area contributed by atoms with E-state index in [9.17, 15) is 0 Å². The third-order valence-corrected chi connectivity index (χ3v) is 3.42. The first-order chi connectivity index (χ1) is 9.78. The molecule has 0 radical (unpaired) electrons. The van der Waals surface area contributed by atoms with Gasteiger partial charge in [0.1, 0.15) is 12.4 Å². The fourth-order valence-corrected chi connectivity index (χ4v) is 1.66. The molecule has 0 bridgehead atoms. The molecule has 0 spiro atoms. The number of rotatable bonds is 8. The molecule has 0 heterocycles. The average molecular weight is 293 g/mol. The molecule has 1 rings (SSSR count). The highest BCUT2D eigenvalue weighted by molar-refractivity contribution is 5.27. The monoisotopic (exact) mass is 293 g/mol. The smallest absolute Gasteiger partial charge is 0.119 e. The van der Waals surface area contributed by atoms with Crippen molar-refractivity contribution < 1.29 is 9.47 Å². The van der Waals surface area contributed by atoms with Gasteiger partial charge < -0.3 is 14.8 Å². The Labute approximate surface area is 130 Å². The Hall–Kier alpha value is -1.06. The van der Waals surface area contributed by atoms with E-state index in [-0.39, 0.29) is 11.6 Å². The molecule has 1 aromatic carbocycles. The summed E-state index contributed by atoms with van der Waals surface area (Å²) in [5, 5.41) is 3.47. The summed E-state index contributed by atoms with van der Waals surface area (Å²) in [6.07, 6.45) is 0.277. The maximum absolute atomic E-state index is 5.69. The van der Waals surface area contributed by atoms with Gasteiger partial charge in [-0.25, -0.2) is 0 Å². The maximum atomic E-state index is 5.69. The first kappa shape index (κ1) is 18.0. The Kier molecular flexibility index (Phi) is 7.20. The van der Waals surface area contributed by atoms with Crippen LogP contribution in [0.15, 0.2) is 24.3 Å². The molecule has 0 amide bonds. The number of nitrogens with one attached hydrogen (secondary N) is 1. The van der Waals surface area contributed by atoms with E-state index in [0.717, 1.165) is 12.3 Å². The minimum Gasteiger partial charge on any atom is -0.491 e. The van der Waals surface area contributed by atoms with Gasteiger partial charge in [0.25, 0.3) is 0 Å². The molecule has 120 valence electrons. The van der Waals surface area contributed by atoms with Crippen LogP contribution in [0, 0.1) is 5.92 Å². The Bertz CT molecular complexity index is 393. The lowest BCUT2D eigenvalue weighted by atomic mass is 10.1. The fraction of sp³-hybridized carbons (Fsp3) is 0.667. The van der Waals surface area contributed by atoms with E-state index in [4.69, 9.17) is 9.47 Å². The normalized spacial score (nSPS) is 13.5. The van der Waals surface area contributed by atoms with Crippen LogP contribution in [0.3, 0.4) is 0 Å². The molecule has 1 aromatic rings. The highest BCUT2D eigenvalue weighted by atomic mass is 16.5. The zero-order valence-electron chi connectivity index (χ0n) is 14.4. The molecule has 1 unspecified atom stereocenters. The number of hydrogen-bond acceptors (Lipinski definition) is 3. The summed E-state index contributed by atoms with van der Waals surface area (Å²) in [7, 11) is 0. The van der Waals surface area contributed by atoms with Gasteiger partial charge in [-0.3, -0.25) is 0 Å². The molecule has 1 atom stereocenters. The van der Waals surface area contributed by atoms with Crippen LogP contribution in [0.1, 0.15) is 47.1 Å². The molecule has 0 aliphatic rings. The van der Waals surface area contributed by atoms with Gasteiger partial charge in [-0.05, 0) is 51.3 Å². The first-order valence-corrected chi connectivity index (χ1v) is 7.86. The second-order valence-corrected chi connectivity index (χ2v) is 6.92. The van der Waals surface area contributed by atoms with Crippen molar-refractivity contribution in [3.63, 3.8) is 0 Å². The Morgan fingerprint density at radius 2 is 1.62 bits per heavy atom. The summed E-state index contributed by atoms with van der Waals surface area (Å²) in [6, 6.07) is 8.24. The summed E-state index contributed by atoms with van der Waals surface area (Å²) < 4.78 is 11.4. The zero-order chi connectivity index (χ0) is 15.9. The van der Waals surface area contributed by atoms with Gasteiger partial charge in [-0.2, -0.15) is 0 Å². The number of hydrogen-bond donors (Lipinski definition) is 1. The quantitative estimate of drug-likeness (QED) is 0.734. The van der Waals surface area contributed by atoms with Crippen LogP contribution in [0.5, 0.6) is 5.75 Å². The van der Waals surface area contributed by atoms with Crippen LogP contribution in [-0.2, 0) is 11.3 Å². The lowest BCUT2D eigenvalue weighted by molar-refractivity contribution is 0.0188. The summed E-state index contributed by atoms with van der Waals surface area (Å²) >= 11 is 0. The molecule has 0 saturated heterocycles. The highest BCUT2D eigenvalue weighted by Gasteiger charge is 2.08. The first-order valence-electron chi connectivity index (χ1n) is 7.86. The van der Waals surface area contributed by atoms with E-state index in [0.29, 0.717) is 19.1 Å². The molecule has 21 heavy (non-hydrogen) atoms. The van der Waals surface area contributed by atoms with Crippen LogP contribution in [0.25, 0.3) is 0 Å². The lowest BCUT2D eigenvalue weighted by Crippen LogP contribution is -2.35. The van der Waals surface area contributed by atoms with Crippen LogP contribution < -0.4 is 10.1 Å². The van der Waals surface area contributed by atoms with Crippen molar-refractivity contribution >= 4 is 0 Å². The summed E-state index contributed by atoms with van der Waals surface area (Å²) in [5.41, 5.74) is 1.40. The standard InChI is InChI=1S/C18H31NO2/c1-14(2)15(3)20-11-12-21-17-9-7-16(8-10-17)13-19-18(4,5)6/h7-10,14-15,19H,11-13H2,1-6H3. The van der Waals surface area contributed by atoms with Crippen LogP contribution in [0.2, 0.25) is 0 Å². The number of ether oxygens (including phenoxy) is 2. The second-order valence-electron chi connectivity index (χ2n) is 6.92. The van der Waals surface area contributed by atoms with E-state index in [1.807, 2.05) is 12.1 Å². The summed E-state index contributed by atoms with van der Waals surface area (Å²) in [5.74, 6) is 1.44. The maximum Gasteiger partial charge on any atom is 0.119 e. The van der Waals surface area contributed by atoms with Crippen molar-refractivity contribution in [2.75, 3.05) is 13.2 Å². The minimum absolute atomic E-state index is 0.139. The Morgan fingerprint density at radius 1 is 1.00 bits per heavy atom. The van der Waals surface area contributed by atoms with Gasteiger partial charge in [0.05, 0.1) is 12.7 Å². The summed E-state index contributed by atoms with van der Waals surface area (Å²) in [6.45, 7) is 15.0. The van der Waals surface area contributed by atoms with Crippen molar-refractivity contribution in [3.8, 4) is 5.75 Å². The molecule has 3 heteroatoms. The second kappa shape index (κ2) is 8.40. The van der Waals surface area contributed by atoms with E-state index >= 15 is 0 Å². The molecule has 0 fully saturated rings. The molecule has 0 aromatic heterocycles. The van der Waals surface area contributed by atoms with Crippen LogP contribution in [0.4, 0.5) is 0 Å². The van der Waals surface area contributed by atoms with Gasteiger partial charge in [0, 0.05) is 12.1 Å². The van der Waals surface area contributed by atoms with Crippen LogP contribution in [-0.4, -0.2) is 24.9 Å². The van der Waals surface area contributed by atoms with Gasteiger partial charge >= 0.3 is 0 Å². The third-order valence-electron chi connectivity index (χ3n) is 3.42. The van der Waals surface area contributed by atoms with E-state index in [1.54, 1.807) is 0 Å². The summed E-state index contributed by atoms with van der Waals surface area (Å²) in [4.78, 5) is 0. The Balaban J connectivity index is 2.28. The van der Waals surface area contributed by atoms with Gasteiger partial charge in [-0.1, -0.05) is 26.0 Å². The van der Waals surface area contributed by atoms with Crippen molar-refractivity contribution in [1.29, 1.82) is 0 Å². The molecule has 1 N–H and O–H groups in total. The largest absolute Gasteiger partial charge is 0.491 e. The zero-order valence-corrected chi connectivity index (χ0v) is 14.4. The average Bonchev–Trinajstić information content (AvgIpc) is 2.41. The predicted molar refractivity (Wildman–Crippen MR) is 88.8 cm³/mol. The van der Waals surface area contributed by atoms with Crippen molar-refractivity contribution in [1.82, 2.24) is 5.32 Å². The van der Waals surface area contributed by atoms with Gasteiger partial charge in [-0.15, -0.1) is 0 Å². The molecule has 0 aliphatic heterocycles. The molecular formula is C18H31NO2. The van der Waals surface area contributed by atoms with Crippen molar-refractivity contribution in [2.45, 2.75) is 59.7 Å². The molecule has 0 aliphatic carbocycles. The van der Waals surface area contributed by atoms with Crippen molar-refractivity contribution in [2.24, 2.45) is 5.92 Å². The molecular weight excluding hydrogens is 262 g/mol. The Morgan fingerprint density at radius 3 is 2.14 bits per heavy atom. The molecule has 0 saturated carbocycles. The third kappa shape index (κ3) is 8.08. The predicted octanol–water partition coefficient (Wildman–Crippen LogP) is 4.01. The highest BCUT2D eigenvalue weighted by Crippen LogP contribution is 2.13. The van der Waals surface area contributed by atoms with Gasteiger partial charge in [0.2, 0.25) is 0 Å². The topological polar surface area (TPSA) is 30.5 Å².